The number of anilines is 1. The minimum absolute atomic E-state index is 0.0854. The van der Waals surface area contributed by atoms with Gasteiger partial charge in [-0.1, -0.05) is 0 Å². The summed E-state index contributed by atoms with van der Waals surface area (Å²) in [5, 5.41) is 0. The fourth-order valence-electron chi connectivity index (χ4n) is 2.93. The Hall–Kier alpha value is -1.72. The van der Waals surface area contributed by atoms with Gasteiger partial charge in [0.15, 0.2) is 0 Å². The molecule has 3 nitrogen and oxygen atoms in total. The van der Waals surface area contributed by atoms with Gasteiger partial charge in [-0.3, -0.25) is 0 Å². The van der Waals surface area contributed by atoms with Crippen LogP contribution >= 0.6 is 0 Å². The molecule has 3 rings (SSSR count). The Morgan fingerprint density at radius 1 is 1.15 bits per heavy atom. The van der Waals surface area contributed by atoms with Crippen LogP contribution in [0.15, 0.2) is 18.2 Å². The zero-order chi connectivity index (χ0) is 14.3. The summed E-state index contributed by atoms with van der Waals surface area (Å²) in [5.41, 5.74) is 8.01. The van der Waals surface area contributed by atoms with Gasteiger partial charge < -0.3 is 10.7 Å². The number of H-pyrrole nitrogens is 1. The van der Waals surface area contributed by atoms with Crippen LogP contribution < -0.4 is 5.73 Å². The molecule has 1 aliphatic carbocycles. The van der Waals surface area contributed by atoms with Crippen molar-refractivity contribution in [3.63, 3.8) is 0 Å². The first kappa shape index (κ1) is 13.3. The highest BCUT2D eigenvalue weighted by atomic mass is 19.4. The number of fused-ring (bicyclic) bond motifs is 1. The van der Waals surface area contributed by atoms with Gasteiger partial charge in [0.2, 0.25) is 0 Å². The molecule has 0 spiro atoms. The minimum Gasteiger partial charge on any atom is -0.399 e. The molecule has 0 aliphatic heterocycles. The molecule has 1 heterocycles. The quantitative estimate of drug-likeness (QED) is 0.778. The fraction of sp³-hybridized carbons (Fsp3) is 0.500. The van der Waals surface area contributed by atoms with E-state index in [2.05, 4.69) is 9.97 Å². The third-order valence-electron chi connectivity index (χ3n) is 4.10. The number of aromatic amines is 1. The maximum Gasteiger partial charge on any atom is 0.391 e. The molecule has 1 aromatic carbocycles. The normalized spacial score (nSPS) is 24.1. The van der Waals surface area contributed by atoms with Crippen molar-refractivity contribution < 1.29 is 13.2 Å². The van der Waals surface area contributed by atoms with E-state index < -0.39 is 12.1 Å². The molecule has 1 aromatic heterocycles. The lowest BCUT2D eigenvalue weighted by Gasteiger charge is -2.28. The fourth-order valence-corrected chi connectivity index (χ4v) is 2.93. The molecule has 1 aliphatic rings. The number of alkyl halides is 3. The molecule has 0 saturated heterocycles. The summed E-state index contributed by atoms with van der Waals surface area (Å²) in [7, 11) is 0. The van der Waals surface area contributed by atoms with Crippen LogP contribution in [-0.4, -0.2) is 16.1 Å². The lowest BCUT2D eigenvalue weighted by Crippen LogP contribution is -2.27. The molecule has 6 heteroatoms. The van der Waals surface area contributed by atoms with E-state index in [1.165, 1.54) is 0 Å². The van der Waals surface area contributed by atoms with E-state index in [0.717, 1.165) is 16.9 Å². The van der Waals surface area contributed by atoms with Crippen molar-refractivity contribution in [1.29, 1.82) is 0 Å². The zero-order valence-electron chi connectivity index (χ0n) is 10.9. The van der Waals surface area contributed by atoms with E-state index >= 15 is 0 Å². The van der Waals surface area contributed by atoms with E-state index in [-0.39, 0.29) is 18.8 Å². The minimum atomic E-state index is -4.06. The molecule has 0 radical (unpaired) electrons. The standard InChI is InChI=1S/C14H16F3N3/c15-14(16,17)9-3-1-8(2-4-9)13-19-11-6-5-10(18)7-12(11)20-13/h5-9H,1-4,18H2,(H,19,20). The summed E-state index contributed by atoms with van der Waals surface area (Å²) in [6, 6.07) is 5.40. The number of benzene rings is 1. The summed E-state index contributed by atoms with van der Waals surface area (Å²) >= 11 is 0. The number of nitrogens with two attached hydrogens (primary N) is 1. The number of nitrogen functional groups attached to an aromatic ring is 1. The largest absolute Gasteiger partial charge is 0.399 e. The number of hydrogen-bond donors (Lipinski definition) is 2. The van der Waals surface area contributed by atoms with Crippen LogP contribution in [0, 0.1) is 5.92 Å². The monoisotopic (exact) mass is 283 g/mol. The molecular weight excluding hydrogens is 267 g/mol. The van der Waals surface area contributed by atoms with Gasteiger partial charge in [-0.2, -0.15) is 13.2 Å². The Bertz CT molecular complexity index is 610. The molecule has 2 aromatic rings. The molecule has 0 atom stereocenters. The average Bonchev–Trinajstić information content (AvgIpc) is 2.80. The Kier molecular flexibility index (Phi) is 3.11. The Labute approximate surface area is 114 Å². The van der Waals surface area contributed by atoms with Crippen molar-refractivity contribution in [1.82, 2.24) is 9.97 Å². The van der Waals surface area contributed by atoms with E-state index in [4.69, 9.17) is 5.73 Å². The van der Waals surface area contributed by atoms with Gasteiger partial charge in [0, 0.05) is 11.6 Å². The lowest BCUT2D eigenvalue weighted by atomic mass is 9.81. The van der Waals surface area contributed by atoms with Gasteiger partial charge in [-0.05, 0) is 43.9 Å². The van der Waals surface area contributed by atoms with Crippen molar-refractivity contribution in [2.75, 3.05) is 5.73 Å². The molecular formula is C14H16F3N3. The number of halogens is 3. The van der Waals surface area contributed by atoms with Gasteiger partial charge in [0.25, 0.3) is 0 Å². The van der Waals surface area contributed by atoms with E-state index in [0.29, 0.717) is 18.5 Å². The zero-order valence-corrected chi connectivity index (χ0v) is 10.9. The van der Waals surface area contributed by atoms with Gasteiger partial charge >= 0.3 is 6.18 Å². The molecule has 1 fully saturated rings. The molecule has 1 saturated carbocycles. The summed E-state index contributed by atoms with van der Waals surface area (Å²) in [5.74, 6) is -0.285. The number of hydrogen-bond acceptors (Lipinski definition) is 2. The highest BCUT2D eigenvalue weighted by Gasteiger charge is 2.41. The van der Waals surface area contributed by atoms with E-state index in [1.54, 1.807) is 12.1 Å². The van der Waals surface area contributed by atoms with E-state index in [1.807, 2.05) is 6.07 Å². The Balaban J connectivity index is 1.76. The number of rotatable bonds is 1. The molecule has 0 bridgehead atoms. The highest BCUT2D eigenvalue weighted by Crippen LogP contribution is 2.42. The number of imidazole rings is 1. The van der Waals surface area contributed by atoms with Crippen molar-refractivity contribution in [3.8, 4) is 0 Å². The SMILES string of the molecule is Nc1ccc2nc(C3CCC(C(F)(F)F)CC3)[nH]c2c1. The number of nitrogens with zero attached hydrogens (tertiary/aromatic N) is 1. The van der Waals surface area contributed by atoms with Gasteiger partial charge in [0.1, 0.15) is 5.82 Å². The first-order chi connectivity index (χ1) is 9.43. The average molecular weight is 283 g/mol. The number of nitrogens with one attached hydrogen (secondary N) is 1. The second-order valence-corrected chi connectivity index (χ2v) is 5.49. The van der Waals surface area contributed by atoms with E-state index in [9.17, 15) is 13.2 Å². The first-order valence-electron chi connectivity index (χ1n) is 6.75. The van der Waals surface area contributed by atoms with Gasteiger partial charge in [0.05, 0.1) is 17.0 Å². The predicted octanol–water partition coefficient (Wildman–Crippen LogP) is 3.98. The molecule has 108 valence electrons. The van der Waals surface area contributed by atoms with Crippen molar-refractivity contribution in [3.05, 3.63) is 24.0 Å². The Morgan fingerprint density at radius 2 is 1.85 bits per heavy atom. The number of aromatic nitrogens is 2. The lowest BCUT2D eigenvalue weighted by molar-refractivity contribution is -0.182. The van der Waals surface area contributed by atoms with Crippen LogP contribution in [0.4, 0.5) is 18.9 Å². The van der Waals surface area contributed by atoms with Crippen molar-refractivity contribution >= 4 is 16.7 Å². The van der Waals surface area contributed by atoms with Crippen molar-refractivity contribution in [2.45, 2.75) is 37.8 Å². The van der Waals surface area contributed by atoms with Gasteiger partial charge in [-0.25, -0.2) is 4.98 Å². The maximum absolute atomic E-state index is 12.6. The highest BCUT2D eigenvalue weighted by molar-refractivity contribution is 5.78. The van der Waals surface area contributed by atoms with Crippen LogP contribution in [0.5, 0.6) is 0 Å². The second-order valence-electron chi connectivity index (χ2n) is 5.49. The second kappa shape index (κ2) is 4.68. The van der Waals surface area contributed by atoms with Crippen LogP contribution in [0.25, 0.3) is 11.0 Å². The topological polar surface area (TPSA) is 54.7 Å². The van der Waals surface area contributed by atoms with Gasteiger partial charge in [-0.15, -0.1) is 0 Å². The van der Waals surface area contributed by atoms with Crippen LogP contribution in [-0.2, 0) is 0 Å². The smallest absolute Gasteiger partial charge is 0.391 e. The van der Waals surface area contributed by atoms with Crippen LogP contribution in [0.3, 0.4) is 0 Å². The molecule has 20 heavy (non-hydrogen) atoms. The summed E-state index contributed by atoms with van der Waals surface area (Å²) < 4.78 is 37.9. The van der Waals surface area contributed by atoms with Crippen molar-refractivity contribution in [2.24, 2.45) is 5.92 Å². The maximum atomic E-state index is 12.6. The summed E-state index contributed by atoms with van der Waals surface area (Å²) in [4.78, 5) is 7.66. The molecule has 0 amide bonds. The summed E-state index contributed by atoms with van der Waals surface area (Å²) in [6.07, 6.45) is -2.63. The predicted molar refractivity (Wildman–Crippen MR) is 71.3 cm³/mol. The van der Waals surface area contributed by atoms with Crippen LogP contribution in [0.2, 0.25) is 0 Å². The third-order valence-corrected chi connectivity index (χ3v) is 4.10. The summed E-state index contributed by atoms with van der Waals surface area (Å²) in [6.45, 7) is 0. The molecule has 0 unspecified atom stereocenters. The third kappa shape index (κ3) is 2.46. The Morgan fingerprint density at radius 3 is 2.50 bits per heavy atom. The first-order valence-corrected chi connectivity index (χ1v) is 6.75. The van der Waals surface area contributed by atoms with Crippen LogP contribution in [0.1, 0.15) is 37.4 Å². The molecule has 3 N–H and O–H groups in total.